The van der Waals surface area contributed by atoms with Crippen molar-refractivity contribution in [3.8, 4) is 0 Å². The second-order valence-corrected chi connectivity index (χ2v) is 6.11. The molecule has 5 heteroatoms. The largest absolute Gasteiger partial charge is 0.356 e. The van der Waals surface area contributed by atoms with Crippen molar-refractivity contribution < 1.29 is 13.0 Å². The van der Waals surface area contributed by atoms with E-state index in [1.165, 1.54) is 12.1 Å². The van der Waals surface area contributed by atoms with Gasteiger partial charge < -0.3 is 5.32 Å². The molecule has 106 valence electrons. The van der Waals surface area contributed by atoms with E-state index >= 15 is 0 Å². The summed E-state index contributed by atoms with van der Waals surface area (Å²) in [7, 11) is -4.19. The van der Waals surface area contributed by atoms with Crippen LogP contribution in [0.15, 0.2) is 71.6 Å². The van der Waals surface area contributed by atoms with Crippen molar-refractivity contribution in [3.05, 3.63) is 66.7 Å². The van der Waals surface area contributed by atoms with Gasteiger partial charge in [-0.05, 0) is 47.2 Å². The molecule has 0 saturated carbocycles. The standard InChI is InChI=1S/C16H13NO3S/c18-21(19,20)16-9-7-12-6-8-15(10-13(12)11-16)17-14-4-2-1-3-5-14/h1-11,17H,(H,18,19,20). The van der Waals surface area contributed by atoms with Crippen LogP contribution < -0.4 is 5.32 Å². The Balaban J connectivity index is 2.02. The zero-order valence-corrected chi connectivity index (χ0v) is 11.8. The summed E-state index contributed by atoms with van der Waals surface area (Å²) in [6, 6.07) is 19.9. The van der Waals surface area contributed by atoms with E-state index in [4.69, 9.17) is 4.55 Å². The van der Waals surface area contributed by atoms with Gasteiger partial charge in [0.05, 0.1) is 4.90 Å². The maximum Gasteiger partial charge on any atom is 0.294 e. The molecule has 3 aromatic rings. The van der Waals surface area contributed by atoms with Gasteiger partial charge in [0.15, 0.2) is 0 Å². The summed E-state index contributed by atoms with van der Waals surface area (Å²) in [5.74, 6) is 0. The highest BCUT2D eigenvalue weighted by Crippen LogP contribution is 2.24. The average Bonchev–Trinajstić information content (AvgIpc) is 2.46. The van der Waals surface area contributed by atoms with Gasteiger partial charge in [-0.25, -0.2) is 0 Å². The average molecular weight is 299 g/mol. The highest BCUT2D eigenvalue weighted by Gasteiger charge is 2.09. The van der Waals surface area contributed by atoms with Crippen LogP contribution in [0.3, 0.4) is 0 Å². The van der Waals surface area contributed by atoms with Gasteiger partial charge in [0.1, 0.15) is 0 Å². The molecule has 0 bridgehead atoms. The van der Waals surface area contributed by atoms with Crippen LogP contribution in [-0.2, 0) is 10.1 Å². The van der Waals surface area contributed by atoms with Crippen molar-refractivity contribution in [2.45, 2.75) is 4.90 Å². The van der Waals surface area contributed by atoms with Crippen LogP contribution in [-0.4, -0.2) is 13.0 Å². The molecule has 0 aliphatic rings. The van der Waals surface area contributed by atoms with Gasteiger partial charge in [-0.3, -0.25) is 4.55 Å². The fourth-order valence-electron chi connectivity index (χ4n) is 2.15. The summed E-state index contributed by atoms with van der Waals surface area (Å²) in [5.41, 5.74) is 1.80. The number of rotatable bonds is 3. The van der Waals surface area contributed by atoms with Crippen LogP contribution in [0.5, 0.6) is 0 Å². The molecule has 0 unspecified atom stereocenters. The number of hydrogen-bond donors (Lipinski definition) is 2. The summed E-state index contributed by atoms with van der Waals surface area (Å²) in [5, 5.41) is 4.89. The first kappa shape index (κ1) is 13.6. The van der Waals surface area contributed by atoms with Crippen molar-refractivity contribution >= 4 is 32.3 Å². The smallest absolute Gasteiger partial charge is 0.294 e. The van der Waals surface area contributed by atoms with E-state index in [1.54, 1.807) is 6.07 Å². The van der Waals surface area contributed by atoms with E-state index in [0.717, 1.165) is 22.1 Å². The molecule has 0 saturated heterocycles. The van der Waals surface area contributed by atoms with Crippen LogP contribution in [0.1, 0.15) is 0 Å². The maximum atomic E-state index is 11.2. The van der Waals surface area contributed by atoms with Crippen LogP contribution in [0.25, 0.3) is 10.8 Å². The van der Waals surface area contributed by atoms with Gasteiger partial charge in [0, 0.05) is 11.4 Å². The van der Waals surface area contributed by atoms with Crippen molar-refractivity contribution in [1.82, 2.24) is 0 Å². The zero-order valence-electron chi connectivity index (χ0n) is 11.0. The molecule has 0 aliphatic carbocycles. The van der Waals surface area contributed by atoms with Crippen LogP contribution in [0.2, 0.25) is 0 Å². The van der Waals surface area contributed by atoms with Gasteiger partial charge in [0.2, 0.25) is 0 Å². The summed E-state index contributed by atoms with van der Waals surface area (Å²) in [6.07, 6.45) is 0. The van der Waals surface area contributed by atoms with Crippen molar-refractivity contribution in [2.75, 3.05) is 5.32 Å². The van der Waals surface area contributed by atoms with Gasteiger partial charge in [-0.1, -0.05) is 30.3 Å². The Hall–Kier alpha value is -2.37. The third-order valence-corrected chi connectivity index (χ3v) is 4.02. The van der Waals surface area contributed by atoms with Crippen LogP contribution in [0, 0.1) is 0 Å². The molecule has 0 aliphatic heterocycles. The van der Waals surface area contributed by atoms with E-state index < -0.39 is 10.1 Å². The van der Waals surface area contributed by atoms with Gasteiger partial charge in [-0.2, -0.15) is 8.42 Å². The first-order valence-electron chi connectivity index (χ1n) is 6.36. The van der Waals surface area contributed by atoms with Crippen molar-refractivity contribution in [3.63, 3.8) is 0 Å². The van der Waals surface area contributed by atoms with E-state index in [9.17, 15) is 8.42 Å². The van der Waals surface area contributed by atoms with Gasteiger partial charge in [-0.15, -0.1) is 0 Å². The Labute approximate surface area is 122 Å². The molecule has 2 N–H and O–H groups in total. The lowest BCUT2D eigenvalue weighted by atomic mass is 10.1. The number of benzene rings is 3. The topological polar surface area (TPSA) is 66.4 Å². The summed E-state index contributed by atoms with van der Waals surface area (Å²) in [4.78, 5) is -0.105. The summed E-state index contributed by atoms with van der Waals surface area (Å²) < 4.78 is 31.5. The monoisotopic (exact) mass is 299 g/mol. The molecule has 21 heavy (non-hydrogen) atoms. The number of fused-ring (bicyclic) bond motifs is 1. The number of nitrogens with one attached hydrogen (secondary N) is 1. The maximum absolute atomic E-state index is 11.2. The quantitative estimate of drug-likeness (QED) is 0.721. The molecule has 0 radical (unpaired) electrons. The molecule has 0 aromatic heterocycles. The molecule has 0 atom stereocenters. The normalized spacial score (nSPS) is 11.5. The van der Waals surface area contributed by atoms with Crippen molar-refractivity contribution in [1.29, 1.82) is 0 Å². The Bertz CT molecular complexity index is 890. The SMILES string of the molecule is O=S(=O)(O)c1ccc2ccc(Nc3ccccc3)cc2c1. The van der Waals surface area contributed by atoms with Gasteiger partial charge >= 0.3 is 0 Å². The molecule has 0 amide bonds. The minimum Gasteiger partial charge on any atom is -0.356 e. The van der Waals surface area contributed by atoms with E-state index in [1.807, 2.05) is 48.5 Å². The predicted octanol–water partition coefficient (Wildman–Crippen LogP) is 3.83. The Kier molecular flexibility index (Phi) is 3.37. The van der Waals surface area contributed by atoms with E-state index in [-0.39, 0.29) is 4.90 Å². The third-order valence-electron chi connectivity index (χ3n) is 3.17. The predicted molar refractivity (Wildman–Crippen MR) is 83.5 cm³/mol. The number of para-hydroxylation sites is 1. The first-order valence-corrected chi connectivity index (χ1v) is 7.80. The highest BCUT2D eigenvalue weighted by atomic mass is 32.2. The minimum absolute atomic E-state index is 0.105. The fraction of sp³-hybridized carbons (Fsp3) is 0. The molecule has 3 aromatic carbocycles. The zero-order chi connectivity index (χ0) is 14.9. The molecule has 0 heterocycles. The third kappa shape index (κ3) is 3.04. The lowest BCUT2D eigenvalue weighted by Gasteiger charge is -2.08. The molecule has 3 rings (SSSR count). The van der Waals surface area contributed by atoms with E-state index in [0.29, 0.717) is 0 Å². The van der Waals surface area contributed by atoms with Crippen LogP contribution >= 0.6 is 0 Å². The second kappa shape index (κ2) is 5.20. The van der Waals surface area contributed by atoms with Gasteiger partial charge in [0.25, 0.3) is 10.1 Å². The molecule has 4 nitrogen and oxygen atoms in total. The fourth-order valence-corrected chi connectivity index (χ4v) is 2.67. The molecule has 0 fully saturated rings. The summed E-state index contributed by atoms with van der Waals surface area (Å²) >= 11 is 0. The highest BCUT2D eigenvalue weighted by molar-refractivity contribution is 7.85. The Morgan fingerprint density at radius 2 is 1.48 bits per heavy atom. The number of anilines is 2. The van der Waals surface area contributed by atoms with Crippen molar-refractivity contribution in [2.24, 2.45) is 0 Å². The van der Waals surface area contributed by atoms with E-state index in [2.05, 4.69) is 5.32 Å². The first-order chi connectivity index (χ1) is 10.0. The Morgan fingerprint density at radius 1 is 0.762 bits per heavy atom. The second-order valence-electron chi connectivity index (χ2n) is 4.69. The Morgan fingerprint density at radius 3 is 2.19 bits per heavy atom. The number of hydrogen-bond acceptors (Lipinski definition) is 3. The van der Waals surface area contributed by atoms with Crippen LogP contribution in [0.4, 0.5) is 11.4 Å². The lowest BCUT2D eigenvalue weighted by Crippen LogP contribution is -1.97. The minimum atomic E-state index is -4.19. The molecular weight excluding hydrogens is 286 g/mol. The summed E-state index contributed by atoms with van der Waals surface area (Å²) in [6.45, 7) is 0. The lowest BCUT2D eigenvalue weighted by molar-refractivity contribution is 0.483. The molecule has 0 spiro atoms. The molecular formula is C16H13NO3S.